The molecule has 0 radical (unpaired) electrons. The van der Waals surface area contributed by atoms with Crippen LogP contribution in [-0.4, -0.2) is 19.2 Å². The zero-order chi connectivity index (χ0) is 15.1. The van der Waals surface area contributed by atoms with E-state index in [1.165, 1.54) is 16.7 Å². The standard InChI is InChI=1S/C19H25NO/c1-4-20-18(14-21-19-8-6-5-7-9-19)13-17-12-15(2)10-11-16(17)3/h5-12,18,20H,4,13-14H2,1-3H3. The summed E-state index contributed by atoms with van der Waals surface area (Å²) in [6.45, 7) is 8.10. The molecule has 0 fully saturated rings. The van der Waals surface area contributed by atoms with Gasteiger partial charge in [0.2, 0.25) is 0 Å². The summed E-state index contributed by atoms with van der Waals surface area (Å²) in [7, 11) is 0. The smallest absolute Gasteiger partial charge is 0.119 e. The maximum Gasteiger partial charge on any atom is 0.119 e. The number of hydrogen-bond acceptors (Lipinski definition) is 2. The third kappa shape index (κ3) is 4.91. The van der Waals surface area contributed by atoms with Gasteiger partial charge in [-0.3, -0.25) is 0 Å². The highest BCUT2D eigenvalue weighted by Crippen LogP contribution is 2.14. The van der Waals surface area contributed by atoms with Crippen molar-refractivity contribution in [3.8, 4) is 5.75 Å². The van der Waals surface area contributed by atoms with Crippen LogP contribution < -0.4 is 10.1 Å². The average molecular weight is 283 g/mol. The first-order valence-electron chi connectivity index (χ1n) is 7.66. The Bertz CT molecular complexity index is 551. The first kappa shape index (κ1) is 15.6. The molecule has 0 aliphatic rings. The Morgan fingerprint density at radius 3 is 2.52 bits per heavy atom. The summed E-state index contributed by atoms with van der Waals surface area (Å²) in [6.07, 6.45) is 0.994. The average Bonchev–Trinajstić information content (AvgIpc) is 2.50. The van der Waals surface area contributed by atoms with Crippen LogP contribution in [0, 0.1) is 13.8 Å². The summed E-state index contributed by atoms with van der Waals surface area (Å²) in [5, 5.41) is 3.52. The second-order valence-corrected chi connectivity index (χ2v) is 5.51. The summed E-state index contributed by atoms with van der Waals surface area (Å²) in [4.78, 5) is 0. The minimum atomic E-state index is 0.329. The van der Waals surface area contributed by atoms with Gasteiger partial charge in [0.05, 0.1) is 0 Å². The van der Waals surface area contributed by atoms with E-state index >= 15 is 0 Å². The summed E-state index contributed by atoms with van der Waals surface area (Å²) in [6, 6.07) is 17.0. The number of likely N-dealkylation sites (N-methyl/N-ethyl adjacent to an activating group) is 1. The van der Waals surface area contributed by atoms with Gasteiger partial charge in [-0.2, -0.15) is 0 Å². The predicted molar refractivity (Wildman–Crippen MR) is 89.0 cm³/mol. The van der Waals surface area contributed by atoms with Crippen molar-refractivity contribution in [3.63, 3.8) is 0 Å². The molecule has 1 unspecified atom stereocenters. The van der Waals surface area contributed by atoms with Gasteiger partial charge in [0.15, 0.2) is 0 Å². The molecule has 0 spiro atoms. The van der Waals surface area contributed by atoms with Gasteiger partial charge in [-0.15, -0.1) is 0 Å². The highest BCUT2D eigenvalue weighted by atomic mass is 16.5. The molecule has 112 valence electrons. The molecule has 2 rings (SSSR count). The first-order chi connectivity index (χ1) is 10.2. The molecule has 0 aliphatic heterocycles. The molecule has 0 heterocycles. The van der Waals surface area contributed by atoms with E-state index in [1.54, 1.807) is 0 Å². The van der Waals surface area contributed by atoms with Gasteiger partial charge in [0.1, 0.15) is 12.4 Å². The third-order valence-corrected chi connectivity index (χ3v) is 3.66. The van der Waals surface area contributed by atoms with E-state index in [1.807, 2.05) is 30.3 Å². The molecule has 0 saturated carbocycles. The molecule has 2 aromatic rings. The fourth-order valence-corrected chi connectivity index (χ4v) is 2.48. The van der Waals surface area contributed by atoms with Gasteiger partial charge in [-0.25, -0.2) is 0 Å². The minimum Gasteiger partial charge on any atom is -0.492 e. The third-order valence-electron chi connectivity index (χ3n) is 3.66. The predicted octanol–water partition coefficient (Wildman–Crippen LogP) is 3.90. The van der Waals surface area contributed by atoms with Gasteiger partial charge >= 0.3 is 0 Å². The highest BCUT2D eigenvalue weighted by Gasteiger charge is 2.11. The Labute approximate surface area is 128 Å². The van der Waals surface area contributed by atoms with Crippen molar-refractivity contribution in [2.75, 3.05) is 13.2 Å². The van der Waals surface area contributed by atoms with E-state index in [4.69, 9.17) is 4.74 Å². The summed E-state index contributed by atoms with van der Waals surface area (Å²) < 4.78 is 5.90. The number of ether oxygens (including phenoxy) is 1. The maximum absolute atomic E-state index is 5.90. The quantitative estimate of drug-likeness (QED) is 0.832. The largest absolute Gasteiger partial charge is 0.492 e. The Hall–Kier alpha value is -1.80. The van der Waals surface area contributed by atoms with E-state index < -0.39 is 0 Å². The van der Waals surface area contributed by atoms with Crippen LogP contribution in [0.2, 0.25) is 0 Å². The Kier molecular flexibility index (Phi) is 5.82. The normalized spacial score (nSPS) is 12.1. The van der Waals surface area contributed by atoms with Crippen molar-refractivity contribution in [3.05, 3.63) is 65.2 Å². The van der Waals surface area contributed by atoms with Gasteiger partial charge in [-0.05, 0) is 50.1 Å². The molecule has 2 aromatic carbocycles. The lowest BCUT2D eigenvalue weighted by molar-refractivity contribution is 0.264. The van der Waals surface area contributed by atoms with E-state index in [9.17, 15) is 0 Å². The SMILES string of the molecule is CCNC(COc1ccccc1)Cc1cc(C)ccc1C. The fraction of sp³-hybridized carbons (Fsp3) is 0.368. The molecule has 0 bridgehead atoms. The Morgan fingerprint density at radius 2 is 1.81 bits per heavy atom. The molecule has 0 aromatic heterocycles. The second-order valence-electron chi connectivity index (χ2n) is 5.51. The Morgan fingerprint density at radius 1 is 1.05 bits per heavy atom. The highest BCUT2D eigenvalue weighted by molar-refractivity contribution is 5.31. The molecular formula is C19H25NO. The number of hydrogen-bond donors (Lipinski definition) is 1. The number of rotatable bonds is 7. The molecule has 2 heteroatoms. The lowest BCUT2D eigenvalue weighted by Crippen LogP contribution is -2.36. The van der Waals surface area contributed by atoms with Crippen LogP contribution in [0.1, 0.15) is 23.6 Å². The van der Waals surface area contributed by atoms with Crippen molar-refractivity contribution in [2.45, 2.75) is 33.2 Å². The number of aryl methyl sites for hydroxylation is 2. The Balaban J connectivity index is 2.00. The monoisotopic (exact) mass is 283 g/mol. The molecule has 0 saturated heterocycles. The molecule has 0 aliphatic carbocycles. The number of benzene rings is 2. The molecule has 0 amide bonds. The van der Waals surface area contributed by atoms with E-state index in [2.05, 4.69) is 44.3 Å². The van der Waals surface area contributed by atoms with Crippen LogP contribution >= 0.6 is 0 Å². The molecule has 21 heavy (non-hydrogen) atoms. The van der Waals surface area contributed by atoms with Gasteiger partial charge in [0, 0.05) is 6.04 Å². The van der Waals surface area contributed by atoms with Crippen molar-refractivity contribution in [2.24, 2.45) is 0 Å². The van der Waals surface area contributed by atoms with Crippen molar-refractivity contribution >= 4 is 0 Å². The maximum atomic E-state index is 5.90. The van der Waals surface area contributed by atoms with Crippen molar-refractivity contribution in [1.29, 1.82) is 0 Å². The number of nitrogens with one attached hydrogen (secondary N) is 1. The zero-order valence-corrected chi connectivity index (χ0v) is 13.2. The summed E-state index contributed by atoms with van der Waals surface area (Å²) in [5.41, 5.74) is 4.07. The van der Waals surface area contributed by atoms with Crippen LogP contribution in [0.3, 0.4) is 0 Å². The fourth-order valence-electron chi connectivity index (χ4n) is 2.48. The molecule has 2 nitrogen and oxygen atoms in total. The van der Waals surface area contributed by atoms with Crippen LogP contribution in [0.5, 0.6) is 5.75 Å². The van der Waals surface area contributed by atoms with Crippen LogP contribution in [0.15, 0.2) is 48.5 Å². The van der Waals surface area contributed by atoms with Gasteiger partial charge in [0.25, 0.3) is 0 Å². The molecular weight excluding hydrogens is 258 g/mol. The first-order valence-corrected chi connectivity index (χ1v) is 7.66. The topological polar surface area (TPSA) is 21.3 Å². The van der Waals surface area contributed by atoms with Crippen LogP contribution in [0.4, 0.5) is 0 Å². The lowest BCUT2D eigenvalue weighted by atomic mass is 9.99. The van der Waals surface area contributed by atoms with Crippen molar-refractivity contribution in [1.82, 2.24) is 5.32 Å². The van der Waals surface area contributed by atoms with Gasteiger partial charge < -0.3 is 10.1 Å². The van der Waals surface area contributed by atoms with Gasteiger partial charge in [-0.1, -0.05) is 48.9 Å². The summed E-state index contributed by atoms with van der Waals surface area (Å²) >= 11 is 0. The van der Waals surface area contributed by atoms with E-state index in [0.717, 1.165) is 18.7 Å². The van der Waals surface area contributed by atoms with E-state index in [-0.39, 0.29) is 0 Å². The lowest BCUT2D eigenvalue weighted by Gasteiger charge is -2.20. The molecule has 1 atom stereocenters. The van der Waals surface area contributed by atoms with Crippen LogP contribution in [0.25, 0.3) is 0 Å². The second kappa shape index (κ2) is 7.84. The minimum absolute atomic E-state index is 0.329. The number of para-hydroxylation sites is 1. The van der Waals surface area contributed by atoms with Crippen LogP contribution in [-0.2, 0) is 6.42 Å². The summed E-state index contributed by atoms with van der Waals surface area (Å²) in [5.74, 6) is 0.932. The van der Waals surface area contributed by atoms with Crippen molar-refractivity contribution < 1.29 is 4.74 Å². The van der Waals surface area contributed by atoms with E-state index in [0.29, 0.717) is 12.6 Å². The molecule has 1 N–H and O–H groups in total. The zero-order valence-electron chi connectivity index (χ0n) is 13.2.